The Bertz CT molecular complexity index is 389. The van der Waals surface area contributed by atoms with Crippen molar-refractivity contribution in [1.29, 1.82) is 0 Å². The van der Waals surface area contributed by atoms with Crippen LogP contribution in [-0.4, -0.2) is 9.38 Å². The minimum atomic E-state index is 0.759. The van der Waals surface area contributed by atoms with Gasteiger partial charge in [-0.1, -0.05) is 0 Å². The van der Waals surface area contributed by atoms with Gasteiger partial charge in [0.25, 0.3) is 0 Å². The lowest BCUT2D eigenvalue weighted by molar-refractivity contribution is 1.19. The van der Waals surface area contributed by atoms with Crippen LogP contribution in [0, 0.1) is 6.92 Å². The van der Waals surface area contributed by atoms with E-state index >= 15 is 0 Å². The summed E-state index contributed by atoms with van der Waals surface area (Å²) in [6.07, 6.45) is 3.81. The molecule has 0 aliphatic heterocycles. The van der Waals surface area contributed by atoms with Gasteiger partial charge in [-0.3, -0.25) is 0 Å². The fourth-order valence-electron chi connectivity index (χ4n) is 1.14. The molecule has 0 aromatic carbocycles. The first kappa shape index (κ1) is 6.22. The molecule has 3 nitrogen and oxygen atoms in total. The van der Waals surface area contributed by atoms with Crippen LogP contribution in [0.25, 0.3) is 5.65 Å². The zero-order valence-corrected chi connectivity index (χ0v) is 6.28. The molecule has 2 heterocycles. The third-order valence-corrected chi connectivity index (χ3v) is 1.59. The SMILES string of the molecule is Cc1cn2cc(N)ccc2n1. The summed E-state index contributed by atoms with van der Waals surface area (Å²) >= 11 is 0. The lowest BCUT2D eigenvalue weighted by Gasteiger charge is -1.93. The predicted molar refractivity (Wildman–Crippen MR) is 44.3 cm³/mol. The van der Waals surface area contributed by atoms with E-state index in [1.807, 2.05) is 35.9 Å². The van der Waals surface area contributed by atoms with Crippen molar-refractivity contribution >= 4 is 11.3 Å². The molecule has 11 heavy (non-hydrogen) atoms. The molecule has 56 valence electrons. The van der Waals surface area contributed by atoms with Crippen molar-refractivity contribution in [3.05, 3.63) is 30.2 Å². The van der Waals surface area contributed by atoms with E-state index in [4.69, 9.17) is 5.73 Å². The number of nitrogen functional groups attached to an aromatic ring is 1. The predicted octanol–water partition coefficient (Wildman–Crippen LogP) is 1.22. The van der Waals surface area contributed by atoms with Gasteiger partial charge in [0.05, 0.1) is 5.69 Å². The van der Waals surface area contributed by atoms with Gasteiger partial charge in [0.1, 0.15) is 5.65 Å². The highest BCUT2D eigenvalue weighted by Gasteiger charge is 1.95. The maximum atomic E-state index is 5.58. The standard InChI is InChI=1S/C8H9N3/c1-6-4-11-5-7(9)2-3-8(11)10-6/h2-5H,9H2,1H3. The molecule has 0 saturated heterocycles. The van der Waals surface area contributed by atoms with E-state index in [0.29, 0.717) is 0 Å². The van der Waals surface area contributed by atoms with E-state index in [0.717, 1.165) is 17.0 Å². The molecule has 0 unspecified atom stereocenters. The molecule has 2 aromatic heterocycles. The number of hydrogen-bond donors (Lipinski definition) is 1. The second kappa shape index (κ2) is 1.99. The number of nitrogens with two attached hydrogens (primary N) is 1. The first-order valence-electron chi connectivity index (χ1n) is 3.46. The summed E-state index contributed by atoms with van der Waals surface area (Å²) in [6.45, 7) is 1.96. The van der Waals surface area contributed by atoms with Crippen molar-refractivity contribution in [3.8, 4) is 0 Å². The van der Waals surface area contributed by atoms with Gasteiger partial charge in [-0.2, -0.15) is 0 Å². The van der Waals surface area contributed by atoms with E-state index in [-0.39, 0.29) is 0 Å². The Morgan fingerprint density at radius 2 is 2.18 bits per heavy atom. The summed E-state index contributed by atoms with van der Waals surface area (Å²) in [6, 6.07) is 3.75. The number of rotatable bonds is 0. The minimum Gasteiger partial charge on any atom is -0.398 e. The highest BCUT2D eigenvalue weighted by molar-refractivity contribution is 5.47. The number of anilines is 1. The van der Waals surface area contributed by atoms with Crippen LogP contribution in [0.3, 0.4) is 0 Å². The van der Waals surface area contributed by atoms with Gasteiger partial charge >= 0.3 is 0 Å². The number of imidazole rings is 1. The van der Waals surface area contributed by atoms with Gasteiger partial charge in [-0.15, -0.1) is 0 Å². The molecule has 0 spiro atoms. The second-order valence-corrected chi connectivity index (χ2v) is 2.61. The van der Waals surface area contributed by atoms with Crippen LogP contribution in [0.5, 0.6) is 0 Å². The lowest BCUT2D eigenvalue weighted by atomic mass is 10.4. The Morgan fingerprint density at radius 1 is 1.36 bits per heavy atom. The van der Waals surface area contributed by atoms with Crippen LogP contribution in [0.1, 0.15) is 5.69 Å². The highest BCUT2D eigenvalue weighted by Crippen LogP contribution is 2.07. The van der Waals surface area contributed by atoms with Crippen molar-refractivity contribution < 1.29 is 0 Å². The number of pyridine rings is 1. The quantitative estimate of drug-likeness (QED) is 0.609. The average molecular weight is 147 g/mol. The van der Waals surface area contributed by atoms with Crippen LogP contribution in [-0.2, 0) is 0 Å². The number of aryl methyl sites for hydroxylation is 1. The summed E-state index contributed by atoms with van der Waals surface area (Å²) in [5.41, 5.74) is 8.29. The third-order valence-electron chi connectivity index (χ3n) is 1.59. The van der Waals surface area contributed by atoms with Gasteiger partial charge in [0.15, 0.2) is 0 Å². The molecule has 0 radical (unpaired) electrons. The van der Waals surface area contributed by atoms with Crippen LogP contribution < -0.4 is 5.73 Å². The van der Waals surface area contributed by atoms with Gasteiger partial charge in [-0.25, -0.2) is 4.98 Å². The summed E-state index contributed by atoms with van der Waals surface area (Å²) in [5, 5.41) is 0. The molecule has 2 rings (SSSR count). The Kier molecular flexibility index (Phi) is 1.12. The molecule has 0 aliphatic rings. The maximum absolute atomic E-state index is 5.58. The molecule has 3 heteroatoms. The van der Waals surface area contributed by atoms with E-state index in [1.165, 1.54) is 0 Å². The van der Waals surface area contributed by atoms with E-state index < -0.39 is 0 Å². The summed E-state index contributed by atoms with van der Waals surface area (Å²) in [4.78, 5) is 4.26. The minimum absolute atomic E-state index is 0.759. The zero-order chi connectivity index (χ0) is 7.84. The fraction of sp³-hybridized carbons (Fsp3) is 0.125. The van der Waals surface area contributed by atoms with Crippen molar-refractivity contribution in [3.63, 3.8) is 0 Å². The van der Waals surface area contributed by atoms with Gasteiger partial charge < -0.3 is 10.1 Å². The first-order valence-corrected chi connectivity index (χ1v) is 3.46. The second-order valence-electron chi connectivity index (χ2n) is 2.61. The molecule has 0 bridgehead atoms. The van der Waals surface area contributed by atoms with Crippen molar-refractivity contribution in [2.45, 2.75) is 6.92 Å². The smallest absolute Gasteiger partial charge is 0.137 e. The summed E-state index contributed by atoms with van der Waals surface area (Å²) in [7, 11) is 0. The highest BCUT2D eigenvalue weighted by atomic mass is 15.0. The topological polar surface area (TPSA) is 43.3 Å². The van der Waals surface area contributed by atoms with Crippen LogP contribution in [0.2, 0.25) is 0 Å². The molecular weight excluding hydrogens is 138 g/mol. The number of fused-ring (bicyclic) bond motifs is 1. The Labute approximate surface area is 64.5 Å². The molecule has 0 atom stereocenters. The number of nitrogens with zero attached hydrogens (tertiary/aromatic N) is 2. The molecular formula is C8H9N3. The summed E-state index contributed by atoms with van der Waals surface area (Å²) in [5.74, 6) is 0. The largest absolute Gasteiger partial charge is 0.398 e. The molecule has 0 amide bonds. The number of aromatic nitrogens is 2. The van der Waals surface area contributed by atoms with Crippen LogP contribution >= 0.6 is 0 Å². The Morgan fingerprint density at radius 3 is 3.00 bits per heavy atom. The molecule has 0 aliphatic carbocycles. The van der Waals surface area contributed by atoms with E-state index in [9.17, 15) is 0 Å². The number of hydrogen-bond acceptors (Lipinski definition) is 2. The molecule has 2 N–H and O–H groups in total. The average Bonchev–Trinajstić information content (AvgIpc) is 2.27. The Hall–Kier alpha value is -1.51. The van der Waals surface area contributed by atoms with Crippen molar-refractivity contribution in [2.75, 3.05) is 5.73 Å². The zero-order valence-electron chi connectivity index (χ0n) is 6.28. The molecule has 2 aromatic rings. The van der Waals surface area contributed by atoms with E-state index in [2.05, 4.69) is 4.98 Å². The van der Waals surface area contributed by atoms with Crippen molar-refractivity contribution in [1.82, 2.24) is 9.38 Å². The molecule has 0 fully saturated rings. The van der Waals surface area contributed by atoms with Crippen LogP contribution in [0.4, 0.5) is 5.69 Å². The fourth-order valence-corrected chi connectivity index (χ4v) is 1.14. The first-order chi connectivity index (χ1) is 5.25. The Balaban J connectivity index is 2.82. The lowest BCUT2D eigenvalue weighted by Crippen LogP contribution is -1.88. The monoisotopic (exact) mass is 147 g/mol. The van der Waals surface area contributed by atoms with Gasteiger partial charge in [0, 0.05) is 18.1 Å². The van der Waals surface area contributed by atoms with Gasteiger partial charge in [-0.05, 0) is 19.1 Å². The molecule has 0 saturated carbocycles. The normalized spacial score (nSPS) is 10.6. The van der Waals surface area contributed by atoms with Crippen molar-refractivity contribution in [2.24, 2.45) is 0 Å². The van der Waals surface area contributed by atoms with E-state index in [1.54, 1.807) is 0 Å². The third kappa shape index (κ3) is 0.941. The maximum Gasteiger partial charge on any atom is 0.137 e. The van der Waals surface area contributed by atoms with Crippen LogP contribution in [0.15, 0.2) is 24.5 Å². The summed E-state index contributed by atoms with van der Waals surface area (Å²) < 4.78 is 1.92. The van der Waals surface area contributed by atoms with Gasteiger partial charge in [0.2, 0.25) is 0 Å².